The van der Waals surface area contributed by atoms with Gasteiger partial charge in [-0.05, 0) is 16.8 Å². The molecule has 2 aromatic carbocycles. The third-order valence-electron chi connectivity index (χ3n) is 3.34. The van der Waals surface area contributed by atoms with Gasteiger partial charge < -0.3 is 4.42 Å². The van der Waals surface area contributed by atoms with E-state index in [4.69, 9.17) is 4.42 Å². The molecule has 1 aromatic heterocycles. The topological polar surface area (TPSA) is 13.1 Å². The first kappa shape index (κ1) is 10.2. The Morgan fingerprint density at radius 2 is 2.00 bits per heavy atom. The molecule has 84 valence electrons. The van der Waals surface area contributed by atoms with E-state index in [-0.39, 0.29) is 0 Å². The zero-order valence-electron chi connectivity index (χ0n) is 9.81. The van der Waals surface area contributed by atoms with Crippen LogP contribution in [0.3, 0.4) is 0 Å². The molecule has 1 heteroatoms. The maximum atomic E-state index is 5.63. The lowest BCUT2D eigenvalue weighted by atomic mass is 9.97. The second-order valence-corrected chi connectivity index (χ2v) is 4.38. The molecule has 0 aliphatic carbocycles. The van der Waals surface area contributed by atoms with E-state index in [0.29, 0.717) is 5.92 Å². The second-order valence-electron chi connectivity index (χ2n) is 4.38. The summed E-state index contributed by atoms with van der Waals surface area (Å²) in [5.74, 6) is 0.307. The van der Waals surface area contributed by atoms with Crippen LogP contribution in [-0.4, -0.2) is 0 Å². The molecule has 1 heterocycles. The lowest BCUT2D eigenvalue weighted by molar-refractivity contribution is 0.609. The Balaban J connectivity index is 2.46. The smallest absolute Gasteiger partial charge is 0.134 e. The normalized spacial score (nSPS) is 13.0. The van der Waals surface area contributed by atoms with Gasteiger partial charge in [-0.1, -0.05) is 43.3 Å². The summed E-state index contributed by atoms with van der Waals surface area (Å²) in [5.41, 5.74) is 2.17. The van der Waals surface area contributed by atoms with Crippen LogP contribution in [0.4, 0.5) is 0 Å². The second kappa shape index (κ2) is 3.77. The zero-order chi connectivity index (χ0) is 11.8. The molecule has 0 saturated heterocycles. The molecule has 0 fully saturated rings. The van der Waals surface area contributed by atoms with E-state index in [1.165, 1.54) is 21.7 Å². The van der Waals surface area contributed by atoms with E-state index >= 15 is 0 Å². The average molecular weight is 222 g/mol. The van der Waals surface area contributed by atoms with Crippen molar-refractivity contribution in [3.05, 3.63) is 60.9 Å². The Labute approximate surface area is 100 Å². The fourth-order valence-corrected chi connectivity index (χ4v) is 2.30. The average Bonchev–Trinajstić information content (AvgIpc) is 2.82. The van der Waals surface area contributed by atoms with Gasteiger partial charge >= 0.3 is 0 Å². The minimum atomic E-state index is 0.307. The highest BCUT2D eigenvalue weighted by atomic mass is 16.3. The van der Waals surface area contributed by atoms with Gasteiger partial charge in [-0.2, -0.15) is 0 Å². The first-order valence-corrected chi connectivity index (χ1v) is 5.82. The van der Waals surface area contributed by atoms with Crippen LogP contribution in [0.25, 0.3) is 21.7 Å². The Morgan fingerprint density at radius 1 is 1.18 bits per heavy atom. The summed E-state index contributed by atoms with van der Waals surface area (Å²) in [4.78, 5) is 0. The van der Waals surface area contributed by atoms with Crippen molar-refractivity contribution < 1.29 is 4.42 Å². The van der Waals surface area contributed by atoms with Gasteiger partial charge in [-0.3, -0.25) is 0 Å². The lowest BCUT2D eigenvalue weighted by Crippen LogP contribution is -1.86. The SMILES string of the molecule is C=CC(C)c1coc2ccc3ccccc3c12. The summed E-state index contributed by atoms with van der Waals surface area (Å²) < 4.78 is 5.63. The molecule has 0 aliphatic rings. The first-order valence-electron chi connectivity index (χ1n) is 5.82. The Bertz CT molecular complexity index is 691. The van der Waals surface area contributed by atoms with Gasteiger partial charge in [0, 0.05) is 16.9 Å². The number of benzene rings is 2. The molecule has 0 radical (unpaired) electrons. The molecule has 0 N–H and O–H groups in total. The van der Waals surface area contributed by atoms with E-state index in [1.54, 1.807) is 0 Å². The van der Waals surface area contributed by atoms with Crippen LogP contribution >= 0.6 is 0 Å². The molecule has 0 aliphatic heterocycles. The molecule has 3 aromatic rings. The number of hydrogen-bond donors (Lipinski definition) is 0. The highest BCUT2D eigenvalue weighted by molar-refractivity contribution is 6.07. The number of rotatable bonds is 2. The van der Waals surface area contributed by atoms with E-state index in [1.807, 2.05) is 18.4 Å². The fraction of sp³-hybridized carbons (Fsp3) is 0.125. The molecule has 0 saturated carbocycles. The van der Waals surface area contributed by atoms with Crippen molar-refractivity contribution in [3.8, 4) is 0 Å². The van der Waals surface area contributed by atoms with E-state index in [9.17, 15) is 0 Å². The molecular formula is C16H14O. The van der Waals surface area contributed by atoms with Crippen molar-refractivity contribution in [2.24, 2.45) is 0 Å². The van der Waals surface area contributed by atoms with E-state index < -0.39 is 0 Å². The highest BCUT2D eigenvalue weighted by Gasteiger charge is 2.12. The first-order chi connectivity index (χ1) is 8.31. The van der Waals surface area contributed by atoms with Crippen molar-refractivity contribution in [1.29, 1.82) is 0 Å². The Hall–Kier alpha value is -2.02. The predicted octanol–water partition coefficient (Wildman–Crippen LogP) is 4.88. The van der Waals surface area contributed by atoms with Gasteiger partial charge in [0.25, 0.3) is 0 Å². The van der Waals surface area contributed by atoms with Crippen LogP contribution in [-0.2, 0) is 0 Å². The quantitative estimate of drug-likeness (QED) is 0.563. The third-order valence-corrected chi connectivity index (χ3v) is 3.34. The lowest BCUT2D eigenvalue weighted by Gasteiger charge is -2.05. The maximum Gasteiger partial charge on any atom is 0.134 e. The third kappa shape index (κ3) is 1.47. The summed E-state index contributed by atoms with van der Waals surface area (Å²) in [6, 6.07) is 12.5. The molecule has 0 spiro atoms. The van der Waals surface area contributed by atoms with Crippen LogP contribution in [0, 0.1) is 0 Å². The Morgan fingerprint density at radius 3 is 2.82 bits per heavy atom. The van der Waals surface area contributed by atoms with E-state index in [0.717, 1.165) is 5.58 Å². The van der Waals surface area contributed by atoms with E-state index in [2.05, 4.69) is 43.8 Å². The molecule has 1 unspecified atom stereocenters. The molecule has 0 amide bonds. The van der Waals surface area contributed by atoms with Gasteiger partial charge in [0.1, 0.15) is 5.58 Å². The number of furan rings is 1. The standard InChI is InChI=1S/C16H14O/c1-3-11(2)14-10-17-15-9-8-12-6-4-5-7-13(12)16(14)15/h3-11H,1H2,2H3. The molecular weight excluding hydrogens is 208 g/mol. The van der Waals surface area contributed by atoms with Gasteiger partial charge in [-0.15, -0.1) is 6.58 Å². The number of hydrogen-bond acceptors (Lipinski definition) is 1. The monoisotopic (exact) mass is 222 g/mol. The molecule has 17 heavy (non-hydrogen) atoms. The minimum absolute atomic E-state index is 0.307. The van der Waals surface area contributed by atoms with Gasteiger partial charge in [0.2, 0.25) is 0 Å². The molecule has 0 bridgehead atoms. The van der Waals surface area contributed by atoms with Crippen molar-refractivity contribution >= 4 is 21.7 Å². The minimum Gasteiger partial charge on any atom is -0.464 e. The molecule has 3 rings (SSSR count). The maximum absolute atomic E-state index is 5.63. The van der Waals surface area contributed by atoms with Crippen LogP contribution < -0.4 is 0 Å². The van der Waals surface area contributed by atoms with Gasteiger partial charge in [-0.25, -0.2) is 0 Å². The predicted molar refractivity (Wildman–Crippen MR) is 72.3 cm³/mol. The highest BCUT2D eigenvalue weighted by Crippen LogP contribution is 2.33. The summed E-state index contributed by atoms with van der Waals surface area (Å²) in [7, 11) is 0. The summed E-state index contributed by atoms with van der Waals surface area (Å²) in [6.45, 7) is 6.00. The van der Waals surface area contributed by atoms with Crippen molar-refractivity contribution in [2.45, 2.75) is 12.8 Å². The zero-order valence-corrected chi connectivity index (χ0v) is 9.81. The van der Waals surface area contributed by atoms with Crippen molar-refractivity contribution in [3.63, 3.8) is 0 Å². The van der Waals surface area contributed by atoms with Gasteiger partial charge in [0.05, 0.1) is 6.26 Å². The fourth-order valence-electron chi connectivity index (χ4n) is 2.30. The Kier molecular flexibility index (Phi) is 2.25. The van der Waals surface area contributed by atoms with Gasteiger partial charge in [0.15, 0.2) is 0 Å². The number of allylic oxidation sites excluding steroid dienone is 1. The van der Waals surface area contributed by atoms with Crippen LogP contribution in [0.2, 0.25) is 0 Å². The number of fused-ring (bicyclic) bond motifs is 3. The summed E-state index contributed by atoms with van der Waals surface area (Å²) in [6.07, 6.45) is 3.80. The summed E-state index contributed by atoms with van der Waals surface area (Å²) >= 11 is 0. The molecule has 1 atom stereocenters. The van der Waals surface area contributed by atoms with Crippen LogP contribution in [0.1, 0.15) is 18.4 Å². The summed E-state index contributed by atoms with van der Waals surface area (Å²) in [5, 5.41) is 3.72. The van der Waals surface area contributed by atoms with Crippen LogP contribution in [0.15, 0.2) is 59.7 Å². The molecule has 1 nitrogen and oxygen atoms in total. The van der Waals surface area contributed by atoms with Crippen molar-refractivity contribution in [1.82, 2.24) is 0 Å². The van der Waals surface area contributed by atoms with Crippen molar-refractivity contribution in [2.75, 3.05) is 0 Å². The van der Waals surface area contributed by atoms with Crippen LogP contribution in [0.5, 0.6) is 0 Å². The largest absolute Gasteiger partial charge is 0.464 e.